The number of allylic oxidation sites excluding steroid dienone is 4. The Morgan fingerprint density at radius 3 is 2.70 bits per heavy atom. The van der Waals surface area contributed by atoms with Gasteiger partial charge in [0, 0.05) is 6.54 Å². The zero-order valence-electron chi connectivity index (χ0n) is 12.3. The van der Waals surface area contributed by atoms with Crippen molar-refractivity contribution in [2.24, 2.45) is 0 Å². The minimum Gasteiger partial charge on any atom is -0.494 e. The molecule has 0 aromatic rings. The number of alkyl carbamates (subject to hydrolysis) is 1. The summed E-state index contributed by atoms with van der Waals surface area (Å²) in [5.74, 6) is 0.684. The lowest BCUT2D eigenvalue weighted by atomic mass is 10.1. The monoisotopic (exact) mass is 278 g/mol. The molecule has 0 saturated carbocycles. The number of ether oxygens (including phenoxy) is 2. The molecule has 5 nitrogen and oxygen atoms in total. The molecule has 0 saturated heterocycles. The summed E-state index contributed by atoms with van der Waals surface area (Å²) >= 11 is 0. The summed E-state index contributed by atoms with van der Waals surface area (Å²) in [6, 6.07) is 0. The van der Waals surface area contributed by atoms with Gasteiger partial charge in [0.2, 0.25) is 0 Å². The molecule has 0 aliphatic heterocycles. The third kappa shape index (κ3) is 6.22. The van der Waals surface area contributed by atoms with Crippen LogP contribution in [-0.2, 0) is 9.47 Å². The van der Waals surface area contributed by atoms with Crippen LogP contribution in [0.25, 0.3) is 0 Å². The summed E-state index contributed by atoms with van der Waals surface area (Å²) in [7, 11) is 0. The first-order chi connectivity index (χ1) is 9.28. The molecule has 1 aliphatic rings. The molecule has 1 aliphatic carbocycles. The quantitative estimate of drug-likeness (QED) is 0.759. The SMILES string of the molecule is C=C1C=C(OCCCNC(=O)OC(C)(C)C)C=CC1=N. The second kappa shape index (κ2) is 6.93. The smallest absolute Gasteiger partial charge is 0.407 e. The van der Waals surface area contributed by atoms with Crippen molar-refractivity contribution in [3.05, 3.63) is 36.1 Å². The number of hydrogen-bond donors (Lipinski definition) is 2. The lowest BCUT2D eigenvalue weighted by Crippen LogP contribution is -2.33. The van der Waals surface area contributed by atoms with E-state index in [1.54, 1.807) is 18.2 Å². The summed E-state index contributed by atoms with van der Waals surface area (Å²) in [5.41, 5.74) is 0.543. The highest BCUT2D eigenvalue weighted by atomic mass is 16.6. The van der Waals surface area contributed by atoms with Crippen LogP contribution in [-0.4, -0.2) is 30.6 Å². The standard InChI is InChI=1S/C15H22N2O3/c1-11-10-12(6-7-13(11)16)19-9-5-8-17-14(18)20-15(2,3)4/h6-7,10,16H,1,5,8-9H2,2-4H3,(H,17,18). The minimum absolute atomic E-state index is 0.393. The zero-order chi connectivity index (χ0) is 15.2. The highest BCUT2D eigenvalue weighted by Crippen LogP contribution is 2.12. The third-order valence-corrected chi connectivity index (χ3v) is 2.33. The molecule has 1 rings (SSSR count). The average Bonchev–Trinajstić information content (AvgIpc) is 2.31. The number of rotatable bonds is 5. The minimum atomic E-state index is -0.483. The second-order valence-corrected chi connectivity index (χ2v) is 5.45. The molecular formula is C15H22N2O3. The lowest BCUT2D eigenvalue weighted by molar-refractivity contribution is 0.0524. The van der Waals surface area contributed by atoms with E-state index in [9.17, 15) is 4.79 Å². The zero-order valence-corrected chi connectivity index (χ0v) is 12.3. The van der Waals surface area contributed by atoms with Gasteiger partial charge in [0.25, 0.3) is 0 Å². The van der Waals surface area contributed by atoms with E-state index in [-0.39, 0.29) is 0 Å². The molecule has 110 valence electrons. The highest BCUT2D eigenvalue weighted by Gasteiger charge is 2.15. The van der Waals surface area contributed by atoms with E-state index in [0.717, 1.165) is 0 Å². The Bertz CT molecular complexity index is 456. The van der Waals surface area contributed by atoms with E-state index >= 15 is 0 Å². The van der Waals surface area contributed by atoms with Crippen LogP contribution in [0.2, 0.25) is 0 Å². The van der Waals surface area contributed by atoms with Crippen molar-refractivity contribution in [3.8, 4) is 0 Å². The van der Waals surface area contributed by atoms with Crippen molar-refractivity contribution in [2.75, 3.05) is 13.2 Å². The summed E-state index contributed by atoms with van der Waals surface area (Å²) in [5, 5.41) is 10.2. The van der Waals surface area contributed by atoms with E-state index in [4.69, 9.17) is 14.9 Å². The molecule has 0 aromatic carbocycles. The van der Waals surface area contributed by atoms with Crippen LogP contribution in [0, 0.1) is 5.41 Å². The molecule has 0 atom stereocenters. The largest absolute Gasteiger partial charge is 0.494 e. The Labute approximate surface area is 119 Å². The van der Waals surface area contributed by atoms with E-state index in [0.29, 0.717) is 36.6 Å². The van der Waals surface area contributed by atoms with Crippen LogP contribution < -0.4 is 5.32 Å². The van der Waals surface area contributed by atoms with Gasteiger partial charge in [-0.25, -0.2) is 4.79 Å². The van der Waals surface area contributed by atoms with Gasteiger partial charge in [-0.3, -0.25) is 0 Å². The fourth-order valence-electron chi connectivity index (χ4n) is 1.43. The fraction of sp³-hybridized carbons (Fsp3) is 0.467. The van der Waals surface area contributed by atoms with Gasteiger partial charge >= 0.3 is 6.09 Å². The van der Waals surface area contributed by atoms with Crippen LogP contribution >= 0.6 is 0 Å². The van der Waals surface area contributed by atoms with Crippen LogP contribution in [0.15, 0.2) is 36.1 Å². The second-order valence-electron chi connectivity index (χ2n) is 5.45. The van der Waals surface area contributed by atoms with E-state index < -0.39 is 11.7 Å². The normalized spacial score (nSPS) is 14.8. The summed E-state index contributed by atoms with van der Waals surface area (Å²) in [6.45, 7) is 10.2. The Morgan fingerprint density at radius 2 is 2.10 bits per heavy atom. The maximum atomic E-state index is 11.4. The van der Waals surface area contributed by atoms with Crippen LogP contribution in [0.4, 0.5) is 4.79 Å². The number of carbonyl (C=O) groups is 1. The topological polar surface area (TPSA) is 71.4 Å². The first-order valence-corrected chi connectivity index (χ1v) is 6.55. The van der Waals surface area contributed by atoms with Crippen molar-refractivity contribution in [2.45, 2.75) is 32.8 Å². The van der Waals surface area contributed by atoms with Crippen molar-refractivity contribution < 1.29 is 14.3 Å². The molecule has 0 aromatic heterocycles. The van der Waals surface area contributed by atoms with Crippen molar-refractivity contribution in [3.63, 3.8) is 0 Å². The summed E-state index contributed by atoms with van der Waals surface area (Å²) in [4.78, 5) is 11.4. The molecule has 0 unspecified atom stereocenters. The predicted octanol–water partition coefficient (Wildman–Crippen LogP) is 2.95. The highest BCUT2D eigenvalue weighted by molar-refractivity contribution is 6.09. The van der Waals surface area contributed by atoms with Gasteiger partial charge in [-0.05, 0) is 51.0 Å². The molecule has 0 fully saturated rings. The molecule has 20 heavy (non-hydrogen) atoms. The molecule has 0 spiro atoms. The van der Waals surface area contributed by atoms with Crippen molar-refractivity contribution in [1.82, 2.24) is 5.32 Å². The third-order valence-electron chi connectivity index (χ3n) is 2.33. The van der Waals surface area contributed by atoms with E-state index in [1.807, 2.05) is 20.8 Å². The maximum absolute atomic E-state index is 11.4. The van der Waals surface area contributed by atoms with Crippen LogP contribution in [0.5, 0.6) is 0 Å². The molecule has 1 amide bonds. The number of amides is 1. The Hall–Kier alpha value is -2.04. The summed E-state index contributed by atoms with van der Waals surface area (Å²) < 4.78 is 10.6. The van der Waals surface area contributed by atoms with Crippen LogP contribution in [0.1, 0.15) is 27.2 Å². The molecular weight excluding hydrogens is 256 g/mol. The van der Waals surface area contributed by atoms with Gasteiger partial charge < -0.3 is 20.2 Å². The Morgan fingerprint density at radius 1 is 1.40 bits per heavy atom. The lowest BCUT2D eigenvalue weighted by Gasteiger charge is -2.19. The predicted molar refractivity (Wildman–Crippen MR) is 78.9 cm³/mol. The molecule has 0 radical (unpaired) electrons. The van der Waals surface area contributed by atoms with Gasteiger partial charge in [0.05, 0.1) is 12.3 Å². The number of nitrogens with one attached hydrogen (secondary N) is 2. The van der Waals surface area contributed by atoms with Gasteiger partial charge in [-0.1, -0.05) is 6.58 Å². The molecule has 5 heteroatoms. The van der Waals surface area contributed by atoms with Crippen molar-refractivity contribution >= 4 is 11.8 Å². The molecule has 2 N–H and O–H groups in total. The van der Waals surface area contributed by atoms with E-state index in [2.05, 4.69) is 11.9 Å². The Kier molecular flexibility index (Phi) is 5.55. The summed E-state index contributed by atoms with van der Waals surface area (Å²) in [6.07, 6.45) is 5.36. The first-order valence-electron chi connectivity index (χ1n) is 6.55. The molecule has 0 bridgehead atoms. The van der Waals surface area contributed by atoms with Gasteiger partial charge in [-0.2, -0.15) is 0 Å². The van der Waals surface area contributed by atoms with Crippen molar-refractivity contribution in [1.29, 1.82) is 5.41 Å². The van der Waals surface area contributed by atoms with Crippen LogP contribution in [0.3, 0.4) is 0 Å². The number of hydrogen-bond acceptors (Lipinski definition) is 4. The van der Waals surface area contributed by atoms with Gasteiger partial charge in [-0.15, -0.1) is 0 Å². The average molecular weight is 278 g/mol. The Balaban J connectivity index is 2.16. The number of carbonyl (C=O) groups excluding carboxylic acids is 1. The first kappa shape index (κ1) is 16.0. The van der Waals surface area contributed by atoms with Gasteiger partial charge in [0.15, 0.2) is 0 Å². The van der Waals surface area contributed by atoms with E-state index in [1.165, 1.54) is 0 Å². The fourth-order valence-corrected chi connectivity index (χ4v) is 1.43. The van der Waals surface area contributed by atoms with Gasteiger partial charge in [0.1, 0.15) is 11.4 Å². The maximum Gasteiger partial charge on any atom is 0.407 e. The molecule has 0 heterocycles.